The Labute approximate surface area is 143 Å². The minimum Gasteiger partial charge on any atom is -0.508 e. The van der Waals surface area contributed by atoms with Crippen LogP contribution in [0.15, 0.2) is 60.7 Å². The first-order valence-corrected chi connectivity index (χ1v) is 7.90. The molecular weight excluding hydrogens is 316 g/mol. The Hall–Kier alpha value is -3.40. The highest BCUT2D eigenvalue weighted by molar-refractivity contribution is 5.92. The van der Waals surface area contributed by atoms with E-state index in [1.165, 1.54) is 0 Å². The van der Waals surface area contributed by atoms with E-state index >= 15 is 0 Å². The maximum absolute atomic E-state index is 10.4. The second-order valence-corrected chi connectivity index (χ2v) is 6.11. The van der Waals surface area contributed by atoms with E-state index in [0.717, 1.165) is 21.5 Å². The number of fused-ring (bicyclic) bond motifs is 2. The van der Waals surface area contributed by atoms with Gasteiger partial charge in [0.1, 0.15) is 23.0 Å². The quantitative estimate of drug-likeness (QED) is 0.438. The van der Waals surface area contributed by atoms with Crippen LogP contribution >= 0.6 is 0 Å². The number of hydrogen-bond acceptors (Lipinski definition) is 4. The molecule has 0 fully saturated rings. The van der Waals surface area contributed by atoms with E-state index in [9.17, 15) is 20.4 Å². The predicted octanol–water partition coefficient (Wildman–Crippen LogP) is 4.41. The zero-order chi connectivity index (χ0) is 17.6. The van der Waals surface area contributed by atoms with Crippen molar-refractivity contribution in [3.63, 3.8) is 0 Å². The lowest BCUT2D eigenvalue weighted by Gasteiger charge is -2.13. The lowest BCUT2D eigenvalue weighted by molar-refractivity contribution is 0.464. The minimum absolute atomic E-state index is 0.0923. The Bertz CT molecular complexity index is 1020. The molecule has 4 heteroatoms. The Morgan fingerprint density at radius 3 is 1.36 bits per heavy atom. The standard InChI is InChI=1S/C21H16O4/c22-14-5-1-12-3-7-20(24)18(16(12)9-14)11-19-17-10-15(23)6-2-13(17)4-8-21(19)25/h1-10,22-25H,11H2. The molecule has 0 aliphatic rings. The van der Waals surface area contributed by atoms with Crippen LogP contribution < -0.4 is 0 Å². The molecule has 25 heavy (non-hydrogen) atoms. The Balaban J connectivity index is 1.97. The molecule has 0 aromatic heterocycles. The topological polar surface area (TPSA) is 80.9 Å². The molecular formula is C21H16O4. The molecule has 0 heterocycles. The SMILES string of the molecule is Oc1ccc2ccc(O)c(Cc3c(O)ccc4ccc(O)cc34)c2c1. The van der Waals surface area contributed by atoms with E-state index in [0.29, 0.717) is 11.1 Å². The third kappa shape index (κ3) is 2.58. The van der Waals surface area contributed by atoms with Crippen LogP contribution in [0, 0.1) is 0 Å². The highest BCUT2D eigenvalue weighted by atomic mass is 16.3. The van der Waals surface area contributed by atoms with Gasteiger partial charge >= 0.3 is 0 Å². The van der Waals surface area contributed by atoms with Crippen LogP contribution in [0.1, 0.15) is 11.1 Å². The van der Waals surface area contributed by atoms with Gasteiger partial charge in [0.25, 0.3) is 0 Å². The summed E-state index contributed by atoms with van der Waals surface area (Å²) in [7, 11) is 0. The third-order valence-corrected chi connectivity index (χ3v) is 4.54. The van der Waals surface area contributed by atoms with E-state index in [4.69, 9.17) is 0 Å². The second-order valence-electron chi connectivity index (χ2n) is 6.11. The van der Waals surface area contributed by atoms with Crippen molar-refractivity contribution in [2.24, 2.45) is 0 Å². The normalized spacial score (nSPS) is 11.2. The number of phenols is 4. The van der Waals surface area contributed by atoms with Crippen LogP contribution in [0.3, 0.4) is 0 Å². The predicted molar refractivity (Wildman–Crippen MR) is 97.4 cm³/mol. The third-order valence-electron chi connectivity index (χ3n) is 4.54. The van der Waals surface area contributed by atoms with E-state index < -0.39 is 0 Å². The summed E-state index contributed by atoms with van der Waals surface area (Å²) in [5, 5.41) is 43.6. The average molecular weight is 332 g/mol. The van der Waals surface area contributed by atoms with Crippen molar-refractivity contribution in [3.8, 4) is 23.0 Å². The van der Waals surface area contributed by atoms with Crippen molar-refractivity contribution in [1.29, 1.82) is 0 Å². The van der Waals surface area contributed by atoms with Gasteiger partial charge in [0.05, 0.1) is 0 Å². The molecule has 4 rings (SSSR count). The van der Waals surface area contributed by atoms with Crippen LogP contribution in [0.2, 0.25) is 0 Å². The molecule has 0 radical (unpaired) electrons. The highest BCUT2D eigenvalue weighted by Crippen LogP contribution is 2.36. The fourth-order valence-corrected chi connectivity index (χ4v) is 3.26. The number of phenolic OH excluding ortho intramolecular Hbond substituents is 4. The van der Waals surface area contributed by atoms with Crippen LogP contribution in [0.25, 0.3) is 21.5 Å². The Morgan fingerprint density at radius 1 is 0.520 bits per heavy atom. The van der Waals surface area contributed by atoms with Gasteiger partial charge in [-0.25, -0.2) is 0 Å². The van der Waals surface area contributed by atoms with E-state index in [2.05, 4.69) is 0 Å². The van der Waals surface area contributed by atoms with Crippen molar-refractivity contribution in [2.75, 3.05) is 0 Å². The summed E-state index contributed by atoms with van der Waals surface area (Å²) in [5.41, 5.74) is 1.22. The van der Waals surface area contributed by atoms with Crippen LogP contribution in [0.5, 0.6) is 23.0 Å². The molecule has 0 bridgehead atoms. The Morgan fingerprint density at radius 2 is 0.920 bits per heavy atom. The summed E-state index contributed by atoms with van der Waals surface area (Å²) in [5.74, 6) is 0.405. The van der Waals surface area contributed by atoms with E-state index in [-0.39, 0.29) is 29.4 Å². The van der Waals surface area contributed by atoms with Gasteiger partial charge in [0.2, 0.25) is 0 Å². The maximum atomic E-state index is 10.4. The number of hydrogen-bond donors (Lipinski definition) is 4. The fraction of sp³-hybridized carbons (Fsp3) is 0.0476. The minimum atomic E-state index is 0.0923. The summed E-state index contributed by atoms with van der Waals surface area (Å²) in [6, 6.07) is 16.7. The van der Waals surface area contributed by atoms with Crippen molar-refractivity contribution in [2.45, 2.75) is 6.42 Å². The van der Waals surface area contributed by atoms with E-state index in [1.54, 1.807) is 60.7 Å². The lowest BCUT2D eigenvalue weighted by Crippen LogP contribution is -1.94. The van der Waals surface area contributed by atoms with Gasteiger partial charge < -0.3 is 20.4 Å². The maximum Gasteiger partial charge on any atom is 0.119 e. The van der Waals surface area contributed by atoms with Gasteiger partial charge in [-0.05, 0) is 57.9 Å². The van der Waals surface area contributed by atoms with Crippen molar-refractivity contribution in [3.05, 3.63) is 71.8 Å². The number of benzene rings is 4. The summed E-state index contributed by atoms with van der Waals surface area (Å²) >= 11 is 0. The fourth-order valence-electron chi connectivity index (χ4n) is 3.26. The largest absolute Gasteiger partial charge is 0.508 e. The van der Waals surface area contributed by atoms with Gasteiger partial charge in [-0.2, -0.15) is 0 Å². The van der Waals surface area contributed by atoms with Crippen molar-refractivity contribution < 1.29 is 20.4 Å². The van der Waals surface area contributed by atoms with Crippen molar-refractivity contribution in [1.82, 2.24) is 0 Å². The van der Waals surface area contributed by atoms with Crippen LogP contribution in [-0.4, -0.2) is 20.4 Å². The average Bonchev–Trinajstić information content (AvgIpc) is 2.59. The van der Waals surface area contributed by atoms with Crippen LogP contribution in [0.4, 0.5) is 0 Å². The monoisotopic (exact) mass is 332 g/mol. The van der Waals surface area contributed by atoms with Crippen LogP contribution in [-0.2, 0) is 6.42 Å². The molecule has 124 valence electrons. The zero-order valence-corrected chi connectivity index (χ0v) is 13.3. The summed E-state index contributed by atoms with van der Waals surface area (Å²) in [6.07, 6.45) is 0.263. The van der Waals surface area contributed by atoms with Gasteiger partial charge in [-0.15, -0.1) is 0 Å². The lowest BCUT2D eigenvalue weighted by atomic mass is 9.93. The molecule has 0 spiro atoms. The summed E-state index contributed by atoms with van der Waals surface area (Å²) in [6.45, 7) is 0. The summed E-state index contributed by atoms with van der Waals surface area (Å²) < 4.78 is 0. The molecule has 0 atom stereocenters. The second kappa shape index (κ2) is 5.60. The van der Waals surface area contributed by atoms with Gasteiger partial charge in [0, 0.05) is 17.5 Å². The molecule has 0 aliphatic carbocycles. The zero-order valence-electron chi connectivity index (χ0n) is 13.3. The first-order valence-electron chi connectivity index (χ1n) is 7.90. The highest BCUT2D eigenvalue weighted by Gasteiger charge is 2.14. The molecule has 0 amide bonds. The molecule has 0 unspecified atom stereocenters. The first-order chi connectivity index (χ1) is 12.0. The molecule has 4 N–H and O–H groups in total. The molecule has 4 aromatic rings. The van der Waals surface area contributed by atoms with E-state index in [1.807, 2.05) is 0 Å². The van der Waals surface area contributed by atoms with Crippen molar-refractivity contribution >= 4 is 21.5 Å². The summed E-state index contributed by atoms with van der Waals surface area (Å²) in [4.78, 5) is 0. The molecule has 0 saturated heterocycles. The number of aromatic hydroxyl groups is 4. The molecule has 4 nitrogen and oxygen atoms in total. The number of rotatable bonds is 2. The molecule has 0 aliphatic heterocycles. The Kier molecular flexibility index (Phi) is 3.39. The first kappa shape index (κ1) is 15.1. The molecule has 4 aromatic carbocycles. The van der Waals surface area contributed by atoms with Gasteiger partial charge in [0.15, 0.2) is 0 Å². The molecule has 0 saturated carbocycles. The smallest absolute Gasteiger partial charge is 0.119 e. The van der Waals surface area contributed by atoms with Gasteiger partial charge in [-0.1, -0.05) is 24.3 Å². The van der Waals surface area contributed by atoms with Gasteiger partial charge in [-0.3, -0.25) is 0 Å².